The summed E-state index contributed by atoms with van der Waals surface area (Å²) in [6, 6.07) is 23.1. The second kappa shape index (κ2) is 9.34. The Bertz CT molecular complexity index is 1200. The smallest absolute Gasteiger partial charge is 0.323 e. The lowest BCUT2D eigenvalue weighted by Gasteiger charge is -2.12. The number of ether oxygens (including phenoxy) is 1. The van der Waals surface area contributed by atoms with E-state index in [1.807, 2.05) is 42.5 Å². The Morgan fingerprint density at radius 2 is 1.77 bits per heavy atom. The van der Waals surface area contributed by atoms with E-state index in [1.54, 1.807) is 19.2 Å². The molecule has 0 saturated carbocycles. The minimum atomic E-state index is -0.311. The number of hydrogen-bond donors (Lipinski definition) is 2. The fraction of sp³-hybridized carbons (Fsp3) is 0.200. The number of anilines is 2. The minimum absolute atomic E-state index is 0.311. The topological polar surface area (TPSA) is 68.2 Å². The number of aryl methyl sites for hydroxylation is 3. The van der Waals surface area contributed by atoms with Crippen LogP contribution in [0.25, 0.3) is 11.0 Å². The van der Waals surface area contributed by atoms with Crippen molar-refractivity contribution in [2.45, 2.75) is 26.3 Å². The first-order chi connectivity index (χ1) is 15.2. The van der Waals surface area contributed by atoms with Gasteiger partial charge in [-0.05, 0) is 55.3 Å². The molecule has 0 atom stereocenters. The molecule has 1 heterocycles. The zero-order valence-electron chi connectivity index (χ0n) is 17.8. The Morgan fingerprint density at radius 3 is 2.61 bits per heavy atom. The number of rotatable bonds is 7. The number of carbonyl (C=O) groups is 1. The normalized spacial score (nSPS) is 10.8. The molecular formula is C25H26N4O2. The average Bonchev–Trinajstić information content (AvgIpc) is 3.15. The maximum Gasteiger partial charge on any atom is 0.323 e. The molecule has 2 amide bonds. The van der Waals surface area contributed by atoms with Gasteiger partial charge >= 0.3 is 6.03 Å². The van der Waals surface area contributed by atoms with E-state index >= 15 is 0 Å². The van der Waals surface area contributed by atoms with Gasteiger partial charge in [-0.25, -0.2) is 9.78 Å². The number of methoxy groups -OCH3 is 1. The van der Waals surface area contributed by atoms with Crippen LogP contribution >= 0.6 is 0 Å². The predicted molar refractivity (Wildman–Crippen MR) is 125 cm³/mol. The number of nitrogens with one attached hydrogen (secondary N) is 2. The molecule has 1 aromatic heterocycles. The van der Waals surface area contributed by atoms with Crippen molar-refractivity contribution in [3.8, 4) is 5.75 Å². The van der Waals surface area contributed by atoms with Crippen LogP contribution < -0.4 is 15.4 Å². The fourth-order valence-corrected chi connectivity index (χ4v) is 3.76. The second-order valence-electron chi connectivity index (χ2n) is 7.24. The molecule has 0 spiro atoms. The Labute approximate surface area is 181 Å². The molecule has 0 unspecified atom stereocenters. The lowest BCUT2D eigenvalue weighted by molar-refractivity contribution is 0.262. The van der Waals surface area contributed by atoms with Gasteiger partial charge in [0.25, 0.3) is 0 Å². The molecule has 0 fully saturated rings. The van der Waals surface area contributed by atoms with Crippen molar-refractivity contribution in [1.29, 1.82) is 0 Å². The number of urea groups is 1. The van der Waals surface area contributed by atoms with Crippen LogP contribution in [0.3, 0.4) is 0 Å². The molecule has 4 aromatic rings. The molecule has 6 nitrogen and oxygen atoms in total. The largest absolute Gasteiger partial charge is 0.495 e. The van der Waals surface area contributed by atoms with Crippen LogP contribution in [-0.2, 0) is 19.4 Å². The van der Waals surface area contributed by atoms with Crippen molar-refractivity contribution in [2.75, 3.05) is 17.7 Å². The Hall–Kier alpha value is -3.80. The van der Waals surface area contributed by atoms with E-state index < -0.39 is 0 Å². The number of para-hydroxylation sites is 4. The Kier molecular flexibility index (Phi) is 6.17. The highest BCUT2D eigenvalue weighted by Gasteiger charge is 2.10. The summed E-state index contributed by atoms with van der Waals surface area (Å²) in [7, 11) is 1.58. The Morgan fingerprint density at radius 1 is 0.968 bits per heavy atom. The van der Waals surface area contributed by atoms with E-state index in [-0.39, 0.29) is 6.03 Å². The first kappa shape index (κ1) is 20.5. The van der Waals surface area contributed by atoms with Crippen molar-refractivity contribution in [1.82, 2.24) is 9.55 Å². The van der Waals surface area contributed by atoms with E-state index in [2.05, 4.69) is 40.3 Å². The van der Waals surface area contributed by atoms with Gasteiger partial charge in [-0.3, -0.25) is 0 Å². The van der Waals surface area contributed by atoms with Crippen molar-refractivity contribution >= 4 is 28.4 Å². The van der Waals surface area contributed by atoms with Gasteiger partial charge in [0.1, 0.15) is 11.6 Å². The molecule has 6 heteroatoms. The summed E-state index contributed by atoms with van der Waals surface area (Å²) in [6.07, 6.45) is 1.67. The summed E-state index contributed by atoms with van der Waals surface area (Å²) in [5, 5.41) is 5.73. The lowest BCUT2D eigenvalue weighted by Crippen LogP contribution is -2.19. The van der Waals surface area contributed by atoms with Crippen molar-refractivity contribution < 1.29 is 9.53 Å². The zero-order valence-corrected chi connectivity index (χ0v) is 17.8. The number of carbonyl (C=O) groups excluding carboxylic acids is 1. The highest BCUT2D eigenvalue weighted by Crippen LogP contribution is 2.23. The van der Waals surface area contributed by atoms with Gasteiger partial charge in [0.05, 0.1) is 23.8 Å². The second-order valence-corrected chi connectivity index (χ2v) is 7.24. The van der Waals surface area contributed by atoms with Crippen LogP contribution in [0.5, 0.6) is 5.75 Å². The van der Waals surface area contributed by atoms with Gasteiger partial charge in [-0.15, -0.1) is 0 Å². The maximum atomic E-state index is 12.4. The van der Waals surface area contributed by atoms with Crippen LogP contribution in [-0.4, -0.2) is 22.7 Å². The lowest BCUT2D eigenvalue weighted by atomic mass is 10.1. The van der Waals surface area contributed by atoms with Crippen LogP contribution in [0, 0.1) is 0 Å². The molecule has 2 N–H and O–H groups in total. The van der Waals surface area contributed by atoms with Gasteiger partial charge in [-0.1, -0.05) is 36.4 Å². The molecule has 0 aliphatic rings. The number of imidazole rings is 1. The standard InChI is InChI=1S/C25H26N4O2/c1-3-29-22-13-6-4-11-20(22)27-24(29)16-15-18-9-8-10-19(17-18)26-25(30)28-21-12-5-7-14-23(21)31-2/h4-14,17H,3,15-16H2,1-2H3,(H2,26,28,30). The monoisotopic (exact) mass is 414 g/mol. The minimum Gasteiger partial charge on any atom is -0.495 e. The molecule has 4 rings (SSSR count). The molecule has 3 aromatic carbocycles. The molecule has 0 aliphatic carbocycles. The summed E-state index contributed by atoms with van der Waals surface area (Å²) in [5.41, 5.74) is 4.71. The van der Waals surface area contributed by atoms with Crippen molar-refractivity contribution in [2.24, 2.45) is 0 Å². The Balaban J connectivity index is 1.42. The van der Waals surface area contributed by atoms with E-state index in [1.165, 1.54) is 5.52 Å². The first-order valence-electron chi connectivity index (χ1n) is 10.4. The van der Waals surface area contributed by atoms with Gasteiger partial charge < -0.3 is 19.9 Å². The highest BCUT2D eigenvalue weighted by atomic mass is 16.5. The fourth-order valence-electron chi connectivity index (χ4n) is 3.76. The average molecular weight is 415 g/mol. The predicted octanol–water partition coefficient (Wildman–Crippen LogP) is 5.49. The molecule has 0 radical (unpaired) electrons. The summed E-state index contributed by atoms with van der Waals surface area (Å²) < 4.78 is 7.54. The number of nitrogens with zero attached hydrogens (tertiary/aromatic N) is 2. The van der Waals surface area contributed by atoms with Crippen LogP contribution in [0.2, 0.25) is 0 Å². The van der Waals surface area contributed by atoms with E-state index in [0.29, 0.717) is 11.4 Å². The summed E-state index contributed by atoms with van der Waals surface area (Å²) in [5.74, 6) is 1.70. The number of hydrogen-bond acceptors (Lipinski definition) is 3. The number of aromatic nitrogens is 2. The first-order valence-corrected chi connectivity index (χ1v) is 10.4. The SMILES string of the molecule is CCn1c(CCc2cccc(NC(=O)Nc3ccccc3OC)c2)nc2ccccc21. The molecule has 0 bridgehead atoms. The summed E-state index contributed by atoms with van der Waals surface area (Å²) in [6.45, 7) is 3.03. The molecular weight excluding hydrogens is 388 g/mol. The van der Waals surface area contributed by atoms with Gasteiger partial charge in [-0.2, -0.15) is 0 Å². The van der Waals surface area contributed by atoms with Gasteiger partial charge in [0.2, 0.25) is 0 Å². The quantitative estimate of drug-likeness (QED) is 0.420. The van der Waals surface area contributed by atoms with E-state index in [0.717, 1.165) is 42.0 Å². The summed E-state index contributed by atoms with van der Waals surface area (Å²) in [4.78, 5) is 17.2. The summed E-state index contributed by atoms with van der Waals surface area (Å²) >= 11 is 0. The van der Waals surface area contributed by atoms with Crippen LogP contribution in [0.1, 0.15) is 18.3 Å². The zero-order chi connectivity index (χ0) is 21.6. The third kappa shape index (κ3) is 4.69. The van der Waals surface area contributed by atoms with E-state index in [9.17, 15) is 4.79 Å². The third-order valence-electron chi connectivity index (χ3n) is 5.23. The van der Waals surface area contributed by atoms with Gasteiger partial charge in [0.15, 0.2) is 0 Å². The maximum absolute atomic E-state index is 12.4. The number of benzene rings is 3. The third-order valence-corrected chi connectivity index (χ3v) is 5.23. The molecule has 0 aliphatic heterocycles. The van der Waals surface area contributed by atoms with Crippen molar-refractivity contribution in [3.63, 3.8) is 0 Å². The van der Waals surface area contributed by atoms with Crippen LogP contribution in [0.15, 0.2) is 72.8 Å². The molecule has 31 heavy (non-hydrogen) atoms. The van der Waals surface area contributed by atoms with E-state index in [4.69, 9.17) is 9.72 Å². The van der Waals surface area contributed by atoms with Gasteiger partial charge in [0, 0.05) is 18.7 Å². The molecule has 0 saturated heterocycles. The van der Waals surface area contributed by atoms with Crippen LogP contribution in [0.4, 0.5) is 16.2 Å². The molecule has 158 valence electrons. The van der Waals surface area contributed by atoms with Crippen molar-refractivity contribution in [3.05, 3.63) is 84.2 Å². The number of fused-ring (bicyclic) bond motifs is 1. The highest BCUT2D eigenvalue weighted by molar-refractivity contribution is 6.00. The number of amides is 2.